The number of hydrogen-bond donors (Lipinski definition) is 4. The van der Waals surface area contributed by atoms with Crippen LogP contribution in [0, 0.1) is 0 Å². The minimum atomic E-state index is -1.39. The van der Waals surface area contributed by atoms with E-state index >= 15 is 0 Å². The van der Waals surface area contributed by atoms with Gasteiger partial charge < -0.3 is 39.8 Å². The zero-order valence-corrected chi connectivity index (χ0v) is 31.8. The maximum Gasteiger partial charge on any atom is 0.407 e. The van der Waals surface area contributed by atoms with Gasteiger partial charge in [0.05, 0.1) is 26.1 Å². The second kappa shape index (κ2) is 19.7. The summed E-state index contributed by atoms with van der Waals surface area (Å²) in [6.07, 6.45) is 0.124. The van der Waals surface area contributed by atoms with Gasteiger partial charge >= 0.3 is 24.1 Å². The number of benzene rings is 4. The Balaban J connectivity index is 0.000000214. The van der Waals surface area contributed by atoms with Crippen molar-refractivity contribution in [3.63, 3.8) is 0 Å². The molecule has 6 rings (SSSR count). The third-order valence-electron chi connectivity index (χ3n) is 9.69. The smallest absolute Gasteiger partial charge is 0.407 e. The second-order valence-corrected chi connectivity index (χ2v) is 14.0. The maximum atomic E-state index is 12.2. The Morgan fingerprint density at radius 3 is 1.29 bits per heavy atom. The third kappa shape index (κ3) is 11.6. The van der Waals surface area contributed by atoms with Crippen LogP contribution in [0.2, 0.25) is 0 Å². The summed E-state index contributed by atoms with van der Waals surface area (Å²) in [5, 5.41) is 28.1. The molecule has 0 bridgehead atoms. The first-order valence-electron chi connectivity index (χ1n) is 18.9. The molecule has 0 aliphatic heterocycles. The lowest BCUT2D eigenvalue weighted by atomic mass is 9.75. The molecule has 0 radical (unpaired) electrons. The van der Waals surface area contributed by atoms with Crippen LogP contribution in [0.4, 0.5) is 9.59 Å². The van der Waals surface area contributed by atoms with Crippen molar-refractivity contribution < 1.29 is 48.3 Å². The first-order valence-corrected chi connectivity index (χ1v) is 18.9. The van der Waals surface area contributed by atoms with E-state index in [1.807, 2.05) is 109 Å². The van der Waals surface area contributed by atoms with E-state index < -0.39 is 35.3 Å². The van der Waals surface area contributed by atoms with Crippen LogP contribution >= 0.6 is 0 Å². The number of alkyl carbamates (subject to hydrolysis) is 2. The molecule has 0 spiro atoms. The molecule has 12 heteroatoms. The summed E-state index contributed by atoms with van der Waals surface area (Å²) in [6, 6.07) is 33.0. The fraction of sp³-hybridized carbons (Fsp3) is 0.364. The highest BCUT2D eigenvalue weighted by Crippen LogP contribution is 2.39. The number of esters is 2. The summed E-state index contributed by atoms with van der Waals surface area (Å²) in [4.78, 5) is 48.5. The van der Waals surface area contributed by atoms with E-state index in [0.29, 0.717) is 24.0 Å². The molecular formula is C44H50N2O10. The van der Waals surface area contributed by atoms with Crippen LogP contribution in [0.1, 0.15) is 72.9 Å². The first kappa shape index (κ1) is 41.4. The number of aliphatic hydroxyl groups is 2. The molecule has 0 saturated carbocycles. The van der Waals surface area contributed by atoms with Crippen LogP contribution in [-0.4, -0.2) is 59.6 Å². The van der Waals surface area contributed by atoms with Gasteiger partial charge in [0.25, 0.3) is 0 Å². The molecule has 296 valence electrons. The van der Waals surface area contributed by atoms with E-state index in [-0.39, 0.29) is 64.2 Å². The first-order chi connectivity index (χ1) is 27.0. The van der Waals surface area contributed by atoms with Crippen LogP contribution in [-0.2, 0) is 65.8 Å². The Kier molecular flexibility index (Phi) is 14.6. The number of hydrogen-bond acceptors (Lipinski definition) is 10. The van der Waals surface area contributed by atoms with Crippen LogP contribution in [0.25, 0.3) is 0 Å². The topological polar surface area (TPSA) is 170 Å². The molecule has 2 aliphatic carbocycles. The van der Waals surface area contributed by atoms with Gasteiger partial charge in [-0.1, -0.05) is 109 Å². The van der Waals surface area contributed by atoms with Crippen molar-refractivity contribution in [3.8, 4) is 0 Å². The number of carbonyl (C=O) groups is 4. The molecule has 0 aromatic heterocycles. The molecule has 4 aromatic rings. The number of carbonyl (C=O) groups excluding carboxylic acids is 4. The average Bonchev–Trinajstić information content (AvgIpc) is 3.17. The maximum absolute atomic E-state index is 12.2. The largest absolute Gasteiger partial charge is 0.466 e. The van der Waals surface area contributed by atoms with Crippen molar-refractivity contribution in [1.82, 2.24) is 10.6 Å². The van der Waals surface area contributed by atoms with Gasteiger partial charge in [0.1, 0.15) is 24.4 Å². The van der Waals surface area contributed by atoms with Gasteiger partial charge in [-0.3, -0.25) is 9.59 Å². The highest BCUT2D eigenvalue weighted by Gasteiger charge is 2.42. The lowest BCUT2D eigenvalue weighted by Crippen LogP contribution is -2.47. The molecule has 0 heterocycles. The number of fused-ring (bicyclic) bond motifs is 2. The van der Waals surface area contributed by atoms with Crippen LogP contribution in [0.3, 0.4) is 0 Å². The van der Waals surface area contributed by atoms with Gasteiger partial charge in [0, 0.05) is 24.9 Å². The van der Waals surface area contributed by atoms with E-state index in [4.69, 9.17) is 18.9 Å². The van der Waals surface area contributed by atoms with Gasteiger partial charge in [-0.25, -0.2) is 9.59 Å². The van der Waals surface area contributed by atoms with E-state index in [1.54, 1.807) is 13.8 Å². The zero-order valence-electron chi connectivity index (χ0n) is 31.8. The highest BCUT2D eigenvalue weighted by molar-refractivity contribution is 5.72. The zero-order chi connectivity index (χ0) is 40.0. The van der Waals surface area contributed by atoms with Crippen LogP contribution in [0.5, 0.6) is 0 Å². The standard InChI is InChI=1S/2C22H25NO5/c2*1-2-27-20(24)14-22(26)13-18(12-17-10-6-7-11-19(17)22)23-21(25)28-15-16-8-4-3-5-9-16/h2*3-11,18,26H,2,12-15H2,1H3,(H,23,25)/t18-,22+;18-,22-/m00/s1. The molecule has 0 fully saturated rings. The van der Waals surface area contributed by atoms with Gasteiger partial charge in [0.2, 0.25) is 0 Å². The highest BCUT2D eigenvalue weighted by atomic mass is 16.6. The fourth-order valence-electron chi connectivity index (χ4n) is 7.32. The van der Waals surface area contributed by atoms with Crippen molar-refractivity contribution in [1.29, 1.82) is 0 Å². The van der Waals surface area contributed by atoms with Crippen molar-refractivity contribution >= 4 is 24.1 Å². The Morgan fingerprint density at radius 1 is 0.554 bits per heavy atom. The lowest BCUT2D eigenvalue weighted by molar-refractivity contribution is -0.151. The molecule has 4 aromatic carbocycles. The average molecular weight is 767 g/mol. The summed E-state index contributed by atoms with van der Waals surface area (Å²) >= 11 is 0. The number of amides is 2. The summed E-state index contributed by atoms with van der Waals surface area (Å²) in [5.41, 5.74) is 2.22. The van der Waals surface area contributed by atoms with E-state index in [0.717, 1.165) is 22.3 Å². The summed E-state index contributed by atoms with van der Waals surface area (Å²) in [5.74, 6) is -0.931. The van der Waals surface area contributed by atoms with Crippen molar-refractivity contribution in [2.24, 2.45) is 0 Å². The number of nitrogens with one attached hydrogen (secondary N) is 2. The second-order valence-electron chi connectivity index (χ2n) is 14.0. The predicted molar refractivity (Wildman–Crippen MR) is 207 cm³/mol. The summed E-state index contributed by atoms with van der Waals surface area (Å²) in [6.45, 7) is 4.30. The monoisotopic (exact) mass is 766 g/mol. The molecule has 4 atom stereocenters. The number of rotatable bonds is 12. The third-order valence-corrected chi connectivity index (χ3v) is 9.69. The normalized spacial score (nSPS) is 20.7. The van der Waals surface area contributed by atoms with Gasteiger partial charge in [-0.2, -0.15) is 0 Å². The minimum absolute atomic E-state index is 0.158. The summed E-state index contributed by atoms with van der Waals surface area (Å²) in [7, 11) is 0. The Labute approximate surface area is 327 Å². The Bertz CT molecular complexity index is 1780. The van der Waals surface area contributed by atoms with Crippen LogP contribution in [0.15, 0.2) is 109 Å². The fourth-order valence-corrected chi connectivity index (χ4v) is 7.32. The number of ether oxygens (including phenoxy) is 4. The predicted octanol–water partition coefficient (Wildman–Crippen LogP) is 6.14. The van der Waals surface area contributed by atoms with Crippen molar-refractivity contribution in [2.75, 3.05) is 13.2 Å². The molecule has 0 saturated heterocycles. The molecule has 56 heavy (non-hydrogen) atoms. The summed E-state index contributed by atoms with van der Waals surface area (Å²) < 4.78 is 20.6. The lowest BCUT2D eigenvalue weighted by Gasteiger charge is -2.38. The molecule has 2 aliphatic rings. The Hall–Kier alpha value is -5.72. The molecular weight excluding hydrogens is 716 g/mol. The van der Waals surface area contributed by atoms with Gasteiger partial charge in [-0.15, -0.1) is 0 Å². The molecule has 0 unspecified atom stereocenters. The van der Waals surface area contributed by atoms with E-state index in [2.05, 4.69) is 10.6 Å². The molecule has 2 amide bonds. The van der Waals surface area contributed by atoms with Gasteiger partial charge in [0.15, 0.2) is 0 Å². The van der Waals surface area contributed by atoms with Crippen molar-refractivity contribution in [2.45, 2.75) is 88.9 Å². The quantitative estimate of drug-likeness (QED) is 0.0971. The molecule has 12 nitrogen and oxygen atoms in total. The van der Waals surface area contributed by atoms with Gasteiger partial charge in [-0.05, 0) is 60.1 Å². The SMILES string of the molecule is CCOC(=O)C[C@@]1(O)C[C@@H](NC(=O)OCc2ccccc2)Cc2ccccc21.CCOC(=O)C[C@]1(O)C[C@@H](NC(=O)OCc2ccccc2)Cc2ccccc21. The minimum Gasteiger partial charge on any atom is -0.466 e. The van der Waals surface area contributed by atoms with E-state index in [9.17, 15) is 29.4 Å². The van der Waals surface area contributed by atoms with E-state index in [1.165, 1.54) is 0 Å². The molecule has 4 N–H and O–H groups in total. The van der Waals surface area contributed by atoms with Crippen molar-refractivity contribution in [3.05, 3.63) is 143 Å². The Morgan fingerprint density at radius 2 is 0.911 bits per heavy atom. The van der Waals surface area contributed by atoms with Crippen LogP contribution < -0.4 is 10.6 Å².